The SMILES string of the molecule is CCC(C)N(C)C(CN)c1ccc2cc(OC)ccc2c1. The predicted octanol–water partition coefficient (Wildman–Crippen LogP) is 3.58. The molecule has 2 aromatic rings. The van der Waals surface area contributed by atoms with Crippen LogP contribution in [0.3, 0.4) is 0 Å². The molecule has 2 aromatic carbocycles. The summed E-state index contributed by atoms with van der Waals surface area (Å²) in [5.41, 5.74) is 7.30. The minimum absolute atomic E-state index is 0.256. The second-order valence-corrected chi connectivity index (χ2v) is 5.65. The highest BCUT2D eigenvalue weighted by Crippen LogP contribution is 2.27. The van der Waals surface area contributed by atoms with Crippen LogP contribution in [-0.4, -0.2) is 31.6 Å². The van der Waals surface area contributed by atoms with Gasteiger partial charge in [-0.25, -0.2) is 0 Å². The lowest BCUT2D eigenvalue weighted by molar-refractivity contribution is 0.185. The van der Waals surface area contributed by atoms with Crippen LogP contribution in [0.5, 0.6) is 5.75 Å². The number of hydrogen-bond acceptors (Lipinski definition) is 3. The number of benzene rings is 2. The Balaban J connectivity index is 2.36. The first kappa shape index (κ1) is 15.8. The molecule has 0 heterocycles. The molecule has 2 atom stereocenters. The van der Waals surface area contributed by atoms with Crippen molar-refractivity contribution in [2.75, 3.05) is 20.7 Å². The van der Waals surface area contributed by atoms with E-state index in [1.54, 1.807) is 7.11 Å². The Morgan fingerprint density at radius 1 is 1.14 bits per heavy atom. The van der Waals surface area contributed by atoms with Crippen molar-refractivity contribution < 1.29 is 4.74 Å². The molecule has 0 aliphatic carbocycles. The van der Waals surface area contributed by atoms with Crippen molar-refractivity contribution in [2.24, 2.45) is 5.73 Å². The number of nitrogens with two attached hydrogens (primary N) is 1. The van der Waals surface area contributed by atoms with Gasteiger partial charge in [0.1, 0.15) is 5.75 Å². The van der Waals surface area contributed by atoms with E-state index < -0.39 is 0 Å². The fraction of sp³-hybridized carbons (Fsp3) is 0.444. The normalized spacial score (nSPS) is 14.4. The first-order valence-electron chi connectivity index (χ1n) is 7.60. The summed E-state index contributed by atoms with van der Waals surface area (Å²) >= 11 is 0. The zero-order valence-electron chi connectivity index (χ0n) is 13.5. The molecule has 114 valence electrons. The third-order valence-electron chi connectivity index (χ3n) is 4.46. The van der Waals surface area contributed by atoms with Crippen molar-refractivity contribution in [3.63, 3.8) is 0 Å². The van der Waals surface area contributed by atoms with Gasteiger partial charge in [0.05, 0.1) is 7.11 Å². The maximum atomic E-state index is 6.03. The zero-order valence-corrected chi connectivity index (χ0v) is 13.5. The second kappa shape index (κ2) is 6.92. The minimum atomic E-state index is 0.256. The van der Waals surface area contributed by atoms with Gasteiger partial charge in [0.2, 0.25) is 0 Å². The Labute approximate surface area is 127 Å². The maximum Gasteiger partial charge on any atom is 0.119 e. The number of hydrogen-bond donors (Lipinski definition) is 1. The first-order valence-corrected chi connectivity index (χ1v) is 7.60. The molecule has 0 spiro atoms. The summed E-state index contributed by atoms with van der Waals surface area (Å²) in [5.74, 6) is 0.891. The molecule has 0 radical (unpaired) electrons. The van der Waals surface area contributed by atoms with E-state index in [4.69, 9.17) is 10.5 Å². The number of nitrogens with zero attached hydrogens (tertiary/aromatic N) is 1. The second-order valence-electron chi connectivity index (χ2n) is 5.65. The number of ether oxygens (including phenoxy) is 1. The number of fused-ring (bicyclic) bond motifs is 1. The third-order valence-corrected chi connectivity index (χ3v) is 4.46. The van der Waals surface area contributed by atoms with Gasteiger partial charge in [-0.1, -0.05) is 25.1 Å². The predicted molar refractivity (Wildman–Crippen MR) is 89.8 cm³/mol. The van der Waals surface area contributed by atoms with Gasteiger partial charge in [-0.15, -0.1) is 0 Å². The summed E-state index contributed by atoms with van der Waals surface area (Å²) in [6.45, 7) is 5.08. The highest BCUT2D eigenvalue weighted by Gasteiger charge is 2.19. The quantitative estimate of drug-likeness (QED) is 0.882. The molecule has 0 saturated heterocycles. The fourth-order valence-corrected chi connectivity index (χ4v) is 2.71. The zero-order chi connectivity index (χ0) is 15.4. The summed E-state index contributed by atoms with van der Waals surface area (Å²) < 4.78 is 5.28. The van der Waals surface area contributed by atoms with Crippen LogP contribution in [0.4, 0.5) is 0 Å². The van der Waals surface area contributed by atoms with Crippen molar-refractivity contribution in [1.82, 2.24) is 4.90 Å². The molecule has 0 aromatic heterocycles. The molecule has 0 aliphatic heterocycles. The first-order chi connectivity index (χ1) is 10.1. The number of methoxy groups -OCH3 is 1. The molecule has 2 rings (SSSR count). The van der Waals surface area contributed by atoms with Crippen LogP contribution in [0.25, 0.3) is 10.8 Å². The molecular formula is C18H26N2O. The minimum Gasteiger partial charge on any atom is -0.497 e. The number of rotatable bonds is 6. The molecule has 0 fully saturated rings. The smallest absolute Gasteiger partial charge is 0.119 e. The van der Waals surface area contributed by atoms with E-state index in [2.05, 4.69) is 56.1 Å². The van der Waals surface area contributed by atoms with Crippen LogP contribution in [0.15, 0.2) is 36.4 Å². The average Bonchev–Trinajstić information content (AvgIpc) is 2.53. The number of likely N-dealkylation sites (N-methyl/N-ethyl adjacent to an activating group) is 1. The van der Waals surface area contributed by atoms with Crippen LogP contribution < -0.4 is 10.5 Å². The molecule has 2 unspecified atom stereocenters. The van der Waals surface area contributed by atoms with E-state index in [1.165, 1.54) is 16.3 Å². The fourth-order valence-electron chi connectivity index (χ4n) is 2.71. The molecule has 21 heavy (non-hydrogen) atoms. The Morgan fingerprint density at radius 2 is 1.81 bits per heavy atom. The third kappa shape index (κ3) is 3.36. The monoisotopic (exact) mass is 286 g/mol. The molecule has 0 amide bonds. The van der Waals surface area contributed by atoms with Crippen molar-refractivity contribution in [3.05, 3.63) is 42.0 Å². The van der Waals surface area contributed by atoms with Gasteiger partial charge in [0.25, 0.3) is 0 Å². The topological polar surface area (TPSA) is 38.5 Å². The average molecular weight is 286 g/mol. The molecule has 0 aliphatic rings. The molecule has 0 saturated carbocycles. The van der Waals surface area contributed by atoms with E-state index in [0.717, 1.165) is 12.2 Å². The van der Waals surface area contributed by atoms with E-state index in [0.29, 0.717) is 12.6 Å². The molecule has 3 nitrogen and oxygen atoms in total. The van der Waals surface area contributed by atoms with Crippen LogP contribution >= 0.6 is 0 Å². The van der Waals surface area contributed by atoms with E-state index in [1.807, 2.05) is 6.07 Å². The van der Waals surface area contributed by atoms with E-state index in [9.17, 15) is 0 Å². The van der Waals surface area contributed by atoms with E-state index >= 15 is 0 Å². The molecule has 2 N–H and O–H groups in total. The van der Waals surface area contributed by atoms with Crippen LogP contribution in [0.2, 0.25) is 0 Å². The Hall–Kier alpha value is -1.58. The van der Waals surface area contributed by atoms with E-state index in [-0.39, 0.29) is 6.04 Å². The summed E-state index contributed by atoms with van der Waals surface area (Å²) in [4.78, 5) is 2.37. The summed E-state index contributed by atoms with van der Waals surface area (Å²) in [6, 6.07) is 13.5. The van der Waals surface area contributed by atoms with Gasteiger partial charge in [-0.2, -0.15) is 0 Å². The lowest BCUT2D eigenvalue weighted by Gasteiger charge is -2.32. The van der Waals surface area contributed by atoms with Crippen LogP contribution in [0, 0.1) is 0 Å². The Bertz CT molecular complexity index is 597. The Morgan fingerprint density at radius 3 is 2.43 bits per heavy atom. The lowest BCUT2D eigenvalue weighted by Crippen LogP contribution is -2.36. The summed E-state index contributed by atoms with van der Waals surface area (Å²) in [5, 5.41) is 2.42. The molecule has 3 heteroatoms. The molecular weight excluding hydrogens is 260 g/mol. The van der Waals surface area contributed by atoms with Crippen molar-refractivity contribution in [3.8, 4) is 5.75 Å². The highest BCUT2D eigenvalue weighted by molar-refractivity contribution is 5.84. The standard InChI is InChI=1S/C18H26N2O/c1-5-13(2)20(3)18(12-19)16-7-6-15-11-17(21-4)9-8-14(15)10-16/h6-11,13,18H,5,12,19H2,1-4H3. The van der Waals surface area contributed by atoms with Crippen molar-refractivity contribution in [2.45, 2.75) is 32.4 Å². The lowest BCUT2D eigenvalue weighted by atomic mass is 9.99. The van der Waals surface area contributed by atoms with Gasteiger partial charge in [0, 0.05) is 18.6 Å². The van der Waals surface area contributed by atoms with Crippen LogP contribution in [0.1, 0.15) is 31.9 Å². The van der Waals surface area contributed by atoms with Gasteiger partial charge in [-0.3, -0.25) is 4.90 Å². The van der Waals surface area contributed by atoms with Crippen LogP contribution in [-0.2, 0) is 0 Å². The highest BCUT2D eigenvalue weighted by atomic mass is 16.5. The van der Waals surface area contributed by atoms with Gasteiger partial charge in [0.15, 0.2) is 0 Å². The molecule has 0 bridgehead atoms. The summed E-state index contributed by atoms with van der Waals surface area (Å²) in [7, 11) is 3.85. The largest absolute Gasteiger partial charge is 0.497 e. The van der Waals surface area contributed by atoms with Gasteiger partial charge < -0.3 is 10.5 Å². The summed E-state index contributed by atoms with van der Waals surface area (Å²) in [6.07, 6.45) is 1.12. The van der Waals surface area contributed by atoms with Gasteiger partial charge in [-0.05, 0) is 54.9 Å². The Kier molecular flexibility index (Phi) is 5.21. The van der Waals surface area contributed by atoms with Crippen molar-refractivity contribution >= 4 is 10.8 Å². The maximum absolute atomic E-state index is 6.03. The van der Waals surface area contributed by atoms with Gasteiger partial charge >= 0.3 is 0 Å². The van der Waals surface area contributed by atoms with Crippen molar-refractivity contribution in [1.29, 1.82) is 0 Å².